The molecule has 2 saturated heterocycles. The fraction of sp³-hybridized carbons (Fsp3) is 0.615. The fourth-order valence-corrected chi connectivity index (χ4v) is 4.38. The van der Waals surface area contributed by atoms with Gasteiger partial charge in [0.1, 0.15) is 4.34 Å². The van der Waals surface area contributed by atoms with E-state index in [0.717, 1.165) is 45.7 Å². The van der Waals surface area contributed by atoms with Crippen molar-refractivity contribution in [1.82, 2.24) is 15.1 Å². The maximum absolute atomic E-state index is 12.5. The quantitative estimate of drug-likeness (QED) is 0.869. The van der Waals surface area contributed by atoms with Crippen molar-refractivity contribution in [3.63, 3.8) is 0 Å². The second-order valence-electron chi connectivity index (χ2n) is 5.22. The van der Waals surface area contributed by atoms with Crippen LogP contribution in [0.25, 0.3) is 0 Å². The van der Waals surface area contributed by atoms with E-state index in [9.17, 15) is 4.79 Å². The summed E-state index contributed by atoms with van der Waals surface area (Å²) < 4.78 is 1.06. The molecule has 4 nitrogen and oxygen atoms in total. The van der Waals surface area contributed by atoms with E-state index in [4.69, 9.17) is 23.2 Å². The monoisotopic (exact) mass is 369 g/mol. The van der Waals surface area contributed by atoms with Gasteiger partial charge >= 0.3 is 0 Å². The Morgan fingerprint density at radius 3 is 2.62 bits per heavy atom. The average molecular weight is 371 g/mol. The summed E-state index contributed by atoms with van der Waals surface area (Å²) in [6.45, 7) is 5.81. The zero-order valence-corrected chi connectivity index (χ0v) is 14.6. The summed E-state index contributed by atoms with van der Waals surface area (Å²) in [7, 11) is 0. The predicted octanol–water partition coefficient (Wildman–Crippen LogP) is 2.60. The molecule has 3 rings (SSSR count). The molecule has 8 heteroatoms. The number of thiophene rings is 1. The average Bonchev–Trinajstić information content (AvgIpc) is 3.06. The summed E-state index contributed by atoms with van der Waals surface area (Å²) >= 11 is 13.2. The molecule has 21 heavy (non-hydrogen) atoms. The zero-order valence-electron chi connectivity index (χ0n) is 11.5. The van der Waals surface area contributed by atoms with Gasteiger partial charge in [-0.1, -0.05) is 23.2 Å². The summed E-state index contributed by atoms with van der Waals surface area (Å²) in [5.74, 6) is 0.00999. The molecule has 1 aromatic rings. The largest absolute Gasteiger partial charge is 0.337 e. The highest BCUT2D eigenvalue weighted by molar-refractivity contribution is 7.20. The summed E-state index contributed by atoms with van der Waals surface area (Å²) in [6, 6.07) is 2.16. The number of likely N-dealkylation sites (tertiary alicyclic amines) is 1. The number of halogens is 3. The van der Waals surface area contributed by atoms with Crippen molar-refractivity contribution in [2.24, 2.45) is 0 Å². The standard InChI is InChI=1S/C13H17Cl2N3OS.ClH/c14-11-7-10(12(15)20-11)13(19)18-4-1-9(8-18)17-5-2-16-3-6-17;/h7,9,16H,1-6,8H2;1H. The van der Waals surface area contributed by atoms with Crippen molar-refractivity contribution in [2.45, 2.75) is 12.5 Å². The van der Waals surface area contributed by atoms with E-state index in [1.807, 2.05) is 4.90 Å². The topological polar surface area (TPSA) is 35.6 Å². The Labute approximate surface area is 144 Å². The third kappa shape index (κ3) is 3.84. The number of hydrogen-bond acceptors (Lipinski definition) is 4. The Morgan fingerprint density at radius 1 is 1.29 bits per heavy atom. The predicted molar refractivity (Wildman–Crippen MR) is 90.3 cm³/mol. The van der Waals surface area contributed by atoms with Crippen LogP contribution in [0.5, 0.6) is 0 Å². The van der Waals surface area contributed by atoms with Gasteiger partial charge in [-0.2, -0.15) is 0 Å². The van der Waals surface area contributed by atoms with Gasteiger partial charge in [-0.05, 0) is 12.5 Å². The van der Waals surface area contributed by atoms with Crippen LogP contribution in [-0.4, -0.2) is 61.0 Å². The number of hydrogen-bond donors (Lipinski definition) is 1. The minimum absolute atomic E-state index is 0. The van der Waals surface area contributed by atoms with E-state index >= 15 is 0 Å². The van der Waals surface area contributed by atoms with Gasteiger partial charge in [-0.25, -0.2) is 0 Å². The van der Waals surface area contributed by atoms with Gasteiger partial charge in [0.25, 0.3) is 5.91 Å². The van der Waals surface area contributed by atoms with Crippen molar-refractivity contribution < 1.29 is 4.79 Å². The van der Waals surface area contributed by atoms with E-state index in [1.165, 1.54) is 11.3 Å². The summed E-state index contributed by atoms with van der Waals surface area (Å²) in [5, 5.41) is 3.36. The van der Waals surface area contributed by atoms with Gasteiger partial charge in [0.2, 0.25) is 0 Å². The molecule has 0 aliphatic carbocycles. The summed E-state index contributed by atoms with van der Waals surface area (Å²) in [4.78, 5) is 16.8. The first-order valence-electron chi connectivity index (χ1n) is 6.84. The molecule has 0 saturated carbocycles. The first-order chi connectivity index (χ1) is 9.65. The van der Waals surface area contributed by atoms with Crippen molar-refractivity contribution in [3.05, 3.63) is 20.3 Å². The van der Waals surface area contributed by atoms with Gasteiger partial charge in [-0.15, -0.1) is 23.7 Å². The first-order valence-corrected chi connectivity index (χ1v) is 8.41. The summed E-state index contributed by atoms with van der Waals surface area (Å²) in [6.07, 6.45) is 1.04. The molecule has 1 unspecified atom stereocenters. The van der Waals surface area contributed by atoms with Crippen LogP contribution >= 0.6 is 46.9 Å². The van der Waals surface area contributed by atoms with Gasteiger partial charge in [0, 0.05) is 45.3 Å². The number of nitrogens with one attached hydrogen (secondary N) is 1. The highest BCUT2D eigenvalue weighted by Crippen LogP contribution is 2.32. The Kier molecular flexibility index (Phi) is 6.17. The van der Waals surface area contributed by atoms with Gasteiger partial charge < -0.3 is 10.2 Å². The molecule has 1 amide bonds. The lowest BCUT2D eigenvalue weighted by molar-refractivity contribution is 0.0774. The SMILES string of the molecule is Cl.O=C(c1cc(Cl)sc1Cl)N1CCC(N2CCNCC2)C1. The second-order valence-corrected chi connectivity index (χ2v) is 7.50. The molecule has 0 bridgehead atoms. The molecular formula is C13H18Cl3N3OS. The third-order valence-corrected chi connectivity index (χ3v) is 5.49. The van der Waals surface area contributed by atoms with Crippen molar-refractivity contribution in [1.29, 1.82) is 0 Å². The van der Waals surface area contributed by atoms with Crippen LogP contribution in [0.3, 0.4) is 0 Å². The first kappa shape index (κ1) is 17.3. The lowest BCUT2D eigenvalue weighted by Crippen LogP contribution is -2.49. The molecule has 1 atom stereocenters. The van der Waals surface area contributed by atoms with E-state index in [2.05, 4.69) is 10.2 Å². The van der Waals surface area contributed by atoms with E-state index in [1.54, 1.807) is 6.07 Å². The zero-order chi connectivity index (χ0) is 14.1. The molecule has 0 aromatic carbocycles. The molecule has 118 valence electrons. The van der Waals surface area contributed by atoms with Crippen LogP contribution in [0.1, 0.15) is 16.8 Å². The molecule has 2 fully saturated rings. The van der Waals surface area contributed by atoms with Crippen molar-refractivity contribution in [2.75, 3.05) is 39.3 Å². The molecule has 0 spiro atoms. The molecule has 0 radical (unpaired) electrons. The number of rotatable bonds is 2. The van der Waals surface area contributed by atoms with E-state index < -0.39 is 0 Å². The second kappa shape index (κ2) is 7.49. The van der Waals surface area contributed by atoms with Gasteiger partial charge in [-0.3, -0.25) is 9.69 Å². The highest BCUT2D eigenvalue weighted by Gasteiger charge is 2.32. The van der Waals surface area contributed by atoms with E-state index in [-0.39, 0.29) is 18.3 Å². The maximum atomic E-state index is 12.5. The van der Waals surface area contributed by atoms with Gasteiger partial charge in [0.05, 0.1) is 9.90 Å². The van der Waals surface area contributed by atoms with Crippen LogP contribution in [0.4, 0.5) is 0 Å². The van der Waals surface area contributed by atoms with Crippen LogP contribution in [0.15, 0.2) is 6.07 Å². The fourth-order valence-electron chi connectivity index (χ4n) is 2.93. The van der Waals surface area contributed by atoms with Crippen LogP contribution in [0.2, 0.25) is 8.67 Å². The maximum Gasteiger partial charge on any atom is 0.256 e. The van der Waals surface area contributed by atoms with Gasteiger partial charge in [0.15, 0.2) is 0 Å². The third-order valence-electron chi connectivity index (χ3n) is 4.01. The molecule has 3 heterocycles. The number of carbonyl (C=O) groups is 1. The Bertz CT molecular complexity index is 505. The molecule has 1 aromatic heterocycles. The molecule has 2 aliphatic rings. The normalized spacial score (nSPS) is 23.1. The highest BCUT2D eigenvalue weighted by atomic mass is 35.5. The number of piperazine rings is 1. The Balaban J connectivity index is 0.00000161. The number of amides is 1. The smallest absolute Gasteiger partial charge is 0.256 e. The number of carbonyl (C=O) groups excluding carboxylic acids is 1. The number of nitrogens with zero attached hydrogens (tertiary/aromatic N) is 2. The Morgan fingerprint density at radius 2 is 2.00 bits per heavy atom. The van der Waals surface area contributed by atoms with Crippen LogP contribution < -0.4 is 5.32 Å². The van der Waals surface area contributed by atoms with Crippen molar-refractivity contribution >= 4 is 52.9 Å². The lowest BCUT2D eigenvalue weighted by Gasteiger charge is -2.32. The minimum atomic E-state index is 0. The lowest BCUT2D eigenvalue weighted by atomic mass is 10.2. The molecular weight excluding hydrogens is 353 g/mol. The summed E-state index contributed by atoms with van der Waals surface area (Å²) in [5.41, 5.74) is 0.544. The van der Waals surface area contributed by atoms with Crippen LogP contribution in [-0.2, 0) is 0 Å². The van der Waals surface area contributed by atoms with Crippen molar-refractivity contribution in [3.8, 4) is 0 Å². The van der Waals surface area contributed by atoms with E-state index in [0.29, 0.717) is 20.3 Å². The molecule has 2 aliphatic heterocycles. The Hall–Kier alpha value is -0.0400. The van der Waals surface area contributed by atoms with Crippen LogP contribution in [0, 0.1) is 0 Å². The minimum Gasteiger partial charge on any atom is -0.337 e. The molecule has 1 N–H and O–H groups in total.